The first-order valence-electron chi connectivity index (χ1n) is 6.08. The highest BCUT2D eigenvalue weighted by molar-refractivity contribution is 6.32. The monoisotopic (exact) mass is 294 g/mol. The highest BCUT2D eigenvalue weighted by atomic mass is 35.5. The molecule has 106 valence electrons. The van der Waals surface area contributed by atoms with Gasteiger partial charge in [-0.3, -0.25) is 0 Å². The lowest BCUT2D eigenvalue weighted by atomic mass is 10.3. The van der Waals surface area contributed by atoms with Crippen molar-refractivity contribution < 1.29 is 9.90 Å². The van der Waals surface area contributed by atoms with Crippen molar-refractivity contribution >= 4 is 23.3 Å². The molecule has 0 saturated heterocycles. The van der Waals surface area contributed by atoms with E-state index in [1.807, 2.05) is 0 Å². The molecular formula is C13H15ClN4O2. The summed E-state index contributed by atoms with van der Waals surface area (Å²) in [6.07, 6.45) is 3.44. The van der Waals surface area contributed by atoms with E-state index in [1.54, 1.807) is 48.3 Å². The van der Waals surface area contributed by atoms with Gasteiger partial charge in [0.05, 0.1) is 23.4 Å². The molecule has 2 rings (SSSR count). The Morgan fingerprint density at radius 2 is 2.35 bits per heavy atom. The van der Waals surface area contributed by atoms with E-state index >= 15 is 0 Å². The second kappa shape index (κ2) is 6.40. The highest BCUT2D eigenvalue weighted by Crippen LogP contribution is 2.23. The molecule has 1 heterocycles. The number of nitrogens with zero attached hydrogens (tertiary/aromatic N) is 2. The summed E-state index contributed by atoms with van der Waals surface area (Å²) >= 11 is 6.16. The molecule has 3 N–H and O–H groups in total. The van der Waals surface area contributed by atoms with Gasteiger partial charge in [-0.05, 0) is 31.2 Å². The second-order valence-electron chi connectivity index (χ2n) is 4.30. The summed E-state index contributed by atoms with van der Waals surface area (Å²) < 4.78 is 1.64. The van der Waals surface area contributed by atoms with E-state index in [9.17, 15) is 4.79 Å². The Morgan fingerprint density at radius 3 is 2.95 bits per heavy atom. The van der Waals surface area contributed by atoms with Gasteiger partial charge in [0.1, 0.15) is 0 Å². The minimum Gasteiger partial charge on any atom is -0.394 e. The van der Waals surface area contributed by atoms with Crippen LogP contribution in [0, 0.1) is 0 Å². The zero-order valence-electron chi connectivity index (χ0n) is 10.9. The Bertz CT molecular complexity index is 586. The van der Waals surface area contributed by atoms with Crippen molar-refractivity contribution in [3.63, 3.8) is 0 Å². The molecule has 1 unspecified atom stereocenters. The maximum absolute atomic E-state index is 11.6. The fourth-order valence-electron chi connectivity index (χ4n) is 1.62. The van der Waals surface area contributed by atoms with Crippen molar-refractivity contribution in [1.29, 1.82) is 0 Å². The molecule has 0 aliphatic rings. The number of carbonyl (C=O) groups excluding carboxylic acids is 1. The summed E-state index contributed by atoms with van der Waals surface area (Å²) in [4.78, 5) is 11.6. The number of nitrogens with one attached hydrogen (secondary N) is 2. The molecule has 0 fully saturated rings. The molecule has 0 saturated carbocycles. The highest BCUT2D eigenvalue weighted by Gasteiger charge is 2.08. The molecule has 0 bridgehead atoms. The van der Waals surface area contributed by atoms with Crippen LogP contribution in [-0.2, 0) is 0 Å². The van der Waals surface area contributed by atoms with Crippen LogP contribution in [0.25, 0.3) is 5.69 Å². The van der Waals surface area contributed by atoms with Crippen LogP contribution in [-0.4, -0.2) is 33.6 Å². The standard InChI is InChI=1S/C13H15ClN4O2/c1-9(8-19)16-13(20)17-10-3-4-12(11(14)7-10)18-6-2-5-15-18/h2-7,9,19H,8H2,1H3,(H2,16,17,20). The maximum Gasteiger partial charge on any atom is 0.319 e. The van der Waals surface area contributed by atoms with Crippen LogP contribution in [0.4, 0.5) is 10.5 Å². The van der Waals surface area contributed by atoms with Gasteiger partial charge in [-0.1, -0.05) is 11.6 Å². The summed E-state index contributed by atoms with van der Waals surface area (Å²) in [6, 6.07) is 6.23. The second-order valence-corrected chi connectivity index (χ2v) is 4.71. The number of aliphatic hydroxyl groups is 1. The zero-order chi connectivity index (χ0) is 14.5. The summed E-state index contributed by atoms with van der Waals surface area (Å²) in [6.45, 7) is 1.58. The zero-order valence-corrected chi connectivity index (χ0v) is 11.6. The van der Waals surface area contributed by atoms with Crippen molar-refractivity contribution in [2.45, 2.75) is 13.0 Å². The third-order valence-corrected chi connectivity index (χ3v) is 2.91. The van der Waals surface area contributed by atoms with Crippen LogP contribution in [0.3, 0.4) is 0 Å². The number of aliphatic hydroxyl groups excluding tert-OH is 1. The van der Waals surface area contributed by atoms with Gasteiger partial charge in [-0.25, -0.2) is 9.48 Å². The third kappa shape index (κ3) is 3.49. The first kappa shape index (κ1) is 14.4. The van der Waals surface area contributed by atoms with Crippen molar-refractivity contribution in [1.82, 2.24) is 15.1 Å². The van der Waals surface area contributed by atoms with Gasteiger partial charge in [0.15, 0.2) is 0 Å². The van der Waals surface area contributed by atoms with Crippen LogP contribution in [0.5, 0.6) is 0 Å². The molecule has 1 aromatic carbocycles. The molecule has 1 atom stereocenters. The van der Waals surface area contributed by atoms with Gasteiger partial charge in [-0.15, -0.1) is 0 Å². The Balaban J connectivity index is 2.08. The lowest BCUT2D eigenvalue weighted by Crippen LogP contribution is -2.38. The van der Waals surface area contributed by atoms with Gasteiger partial charge in [-0.2, -0.15) is 5.10 Å². The third-order valence-electron chi connectivity index (χ3n) is 2.61. The normalized spacial score (nSPS) is 11.9. The first-order valence-corrected chi connectivity index (χ1v) is 6.46. The van der Waals surface area contributed by atoms with Gasteiger partial charge in [0.2, 0.25) is 0 Å². The molecule has 0 aliphatic carbocycles. The summed E-state index contributed by atoms with van der Waals surface area (Å²) in [7, 11) is 0. The van der Waals surface area contributed by atoms with Crippen LogP contribution in [0.2, 0.25) is 5.02 Å². The number of halogens is 1. The van der Waals surface area contributed by atoms with Crippen molar-refractivity contribution in [2.75, 3.05) is 11.9 Å². The molecule has 6 nitrogen and oxygen atoms in total. The lowest BCUT2D eigenvalue weighted by Gasteiger charge is -2.13. The van der Waals surface area contributed by atoms with Gasteiger partial charge >= 0.3 is 6.03 Å². The minimum absolute atomic E-state index is 0.119. The summed E-state index contributed by atoms with van der Waals surface area (Å²) in [5.74, 6) is 0. The number of amides is 2. The van der Waals surface area contributed by atoms with E-state index in [-0.39, 0.29) is 12.6 Å². The quantitative estimate of drug-likeness (QED) is 0.807. The Hall–Kier alpha value is -2.05. The van der Waals surface area contributed by atoms with E-state index in [0.29, 0.717) is 10.7 Å². The van der Waals surface area contributed by atoms with Crippen LogP contribution >= 0.6 is 11.6 Å². The number of hydrogen-bond acceptors (Lipinski definition) is 3. The Labute approximate surface area is 121 Å². The molecule has 0 spiro atoms. The molecule has 0 radical (unpaired) electrons. The fraction of sp³-hybridized carbons (Fsp3) is 0.231. The van der Waals surface area contributed by atoms with Crippen molar-refractivity contribution in [2.24, 2.45) is 0 Å². The van der Waals surface area contributed by atoms with Gasteiger partial charge in [0.25, 0.3) is 0 Å². The van der Waals surface area contributed by atoms with Crippen molar-refractivity contribution in [3.8, 4) is 5.69 Å². The average molecular weight is 295 g/mol. The maximum atomic E-state index is 11.6. The summed E-state index contributed by atoms with van der Waals surface area (Å²) in [5.41, 5.74) is 1.29. The molecule has 2 amide bonds. The van der Waals surface area contributed by atoms with Crippen LogP contribution < -0.4 is 10.6 Å². The van der Waals surface area contributed by atoms with E-state index in [0.717, 1.165) is 5.69 Å². The molecule has 2 aromatic rings. The summed E-state index contributed by atoms with van der Waals surface area (Å²) in [5, 5.41) is 18.7. The number of anilines is 1. The number of aromatic nitrogens is 2. The molecule has 0 aliphatic heterocycles. The van der Waals surface area contributed by atoms with Gasteiger partial charge < -0.3 is 15.7 Å². The average Bonchev–Trinajstić information content (AvgIpc) is 2.92. The lowest BCUT2D eigenvalue weighted by molar-refractivity contribution is 0.229. The Morgan fingerprint density at radius 1 is 1.55 bits per heavy atom. The smallest absolute Gasteiger partial charge is 0.319 e. The minimum atomic E-state index is -0.394. The largest absolute Gasteiger partial charge is 0.394 e. The molecule has 7 heteroatoms. The van der Waals surface area contributed by atoms with Crippen LogP contribution in [0.15, 0.2) is 36.7 Å². The molecule has 1 aromatic heterocycles. The fourth-order valence-corrected chi connectivity index (χ4v) is 1.89. The predicted molar refractivity (Wildman–Crippen MR) is 77.3 cm³/mol. The molecule has 20 heavy (non-hydrogen) atoms. The van der Waals surface area contributed by atoms with E-state index < -0.39 is 6.03 Å². The van der Waals surface area contributed by atoms with E-state index in [1.165, 1.54) is 0 Å². The van der Waals surface area contributed by atoms with Crippen LogP contribution in [0.1, 0.15) is 6.92 Å². The number of rotatable bonds is 4. The van der Waals surface area contributed by atoms with E-state index in [2.05, 4.69) is 15.7 Å². The predicted octanol–water partition coefficient (Wildman–Crippen LogP) is 2.03. The van der Waals surface area contributed by atoms with E-state index in [4.69, 9.17) is 16.7 Å². The first-order chi connectivity index (χ1) is 9.60. The number of carbonyl (C=O) groups is 1. The number of urea groups is 1. The SMILES string of the molecule is CC(CO)NC(=O)Nc1ccc(-n2cccn2)c(Cl)c1. The topological polar surface area (TPSA) is 79.2 Å². The Kier molecular flexibility index (Phi) is 4.60. The van der Waals surface area contributed by atoms with Crippen molar-refractivity contribution in [3.05, 3.63) is 41.7 Å². The number of hydrogen-bond donors (Lipinski definition) is 3. The van der Waals surface area contributed by atoms with Gasteiger partial charge in [0, 0.05) is 18.1 Å². The molecular weight excluding hydrogens is 280 g/mol. The number of benzene rings is 1.